The van der Waals surface area contributed by atoms with Crippen molar-refractivity contribution in [3.8, 4) is 0 Å². The van der Waals surface area contributed by atoms with Gasteiger partial charge in [0, 0.05) is 0 Å². The molecule has 0 radical (unpaired) electrons. The number of allylic oxidation sites excluding steroid dienone is 2. The van der Waals surface area contributed by atoms with Gasteiger partial charge in [0.2, 0.25) is 0 Å². The average molecular weight is 180 g/mol. The predicted molar refractivity (Wildman–Crippen MR) is 61.7 cm³/mol. The molecular formula is C13H24. The van der Waals surface area contributed by atoms with Crippen molar-refractivity contribution in [3.05, 3.63) is 24.8 Å². The molecule has 2 unspecified atom stereocenters. The molecule has 0 aromatic carbocycles. The Labute approximate surface area is 83.7 Å². The van der Waals surface area contributed by atoms with E-state index in [0.29, 0.717) is 5.92 Å². The van der Waals surface area contributed by atoms with Crippen molar-refractivity contribution in [2.24, 2.45) is 17.8 Å². The van der Waals surface area contributed by atoms with Crippen LogP contribution in [0.3, 0.4) is 0 Å². The van der Waals surface area contributed by atoms with Gasteiger partial charge in [0.25, 0.3) is 0 Å². The fraction of sp³-hybridized carbons (Fsp3) is 0.692. The van der Waals surface area contributed by atoms with Crippen molar-refractivity contribution in [1.29, 1.82) is 0 Å². The first-order valence-electron chi connectivity index (χ1n) is 5.26. The molecule has 0 saturated heterocycles. The van der Waals surface area contributed by atoms with Crippen LogP contribution in [-0.4, -0.2) is 0 Å². The van der Waals surface area contributed by atoms with Gasteiger partial charge in [-0.3, -0.25) is 0 Å². The van der Waals surface area contributed by atoms with Crippen LogP contribution >= 0.6 is 0 Å². The Morgan fingerprint density at radius 3 is 2.15 bits per heavy atom. The lowest BCUT2D eigenvalue weighted by Crippen LogP contribution is -2.15. The minimum atomic E-state index is 0.650. The first-order chi connectivity index (χ1) is 5.99. The molecule has 2 atom stereocenters. The monoisotopic (exact) mass is 180 g/mol. The second-order valence-electron chi connectivity index (χ2n) is 4.50. The van der Waals surface area contributed by atoms with E-state index >= 15 is 0 Å². The summed E-state index contributed by atoms with van der Waals surface area (Å²) in [4.78, 5) is 0. The Kier molecular flexibility index (Phi) is 5.77. The highest BCUT2D eigenvalue weighted by molar-refractivity contribution is 4.92. The van der Waals surface area contributed by atoms with Gasteiger partial charge < -0.3 is 0 Å². The van der Waals surface area contributed by atoms with Gasteiger partial charge in [0.15, 0.2) is 0 Å². The molecule has 76 valence electrons. The SMILES string of the molecule is C=CC(CCC(=C)C)C(C)C(C)C. The zero-order valence-corrected chi connectivity index (χ0v) is 9.64. The summed E-state index contributed by atoms with van der Waals surface area (Å²) in [5.41, 5.74) is 1.28. The van der Waals surface area contributed by atoms with Gasteiger partial charge in [-0.15, -0.1) is 13.2 Å². The van der Waals surface area contributed by atoms with E-state index in [9.17, 15) is 0 Å². The molecule has 0 aromatic rings. The summed E-state index contributed by atoms with van der Waals surface area (Å²) in [6.45, 7) is 16.8. The summed E-state index contributed by atoms with van der Waals surface area (Å²) in [6, 6.07) is 0. The van der Waals surface area contributed by atoms with E-state index in [-0.39, 0.29) is 0 Å². The van der Waals surface area contributed by atoms with E-state index in [0.717, 1.165) is 18.3 Å². The van der Waals surface area contributed by atoms with Gasteiger partial charge in [-0.2, -0.15) is 0 Å². The quantitative estimate of drug-likeness (QED) is 0.530. The van der Waals surface area contributed by atoms with E-state index in [2.05, 4.69) is 46.9 Å². The Morgan fingerprint density at radius 1 is 1.31 bits per heavy atom. The third-order valence-corrected chi connectivity index (χ3v) is 2.93. The molecule has 0 rings (SSSR count). The zero-order valence-electron chi connectivity index (χ0n) is 9.64. The Bertz CT molecular complexity index is 165. The molecule has 0 aliphatic carbocycles. The Hall–Kier alpha value is -0.520. The van der Waals surface area contributed by atoms with Gasteiger partial charge in [-0.05, 0) is 37.5 Å². The molecule has 0 aromatic heterocycles. The average Bonchev–Trinajstić information content (AvgIpc) is 2.04. The smallest absolute Gasteiger partial charge is 0.0205 e. The van der Waals surface area contributed by atoms with Gasteiger partial charge in [0.1, 0.15) is 0 Å². The van der Waals surface area contributed by atoms with Crippen LogP contribution in [-0.2, 0) is 0 Å². The van der Waals surface area contributed by atoms with Crippen LogP contribution in [0, 0.1) is 17.8 Å². The summed E-state index contributed by atoms with van der Waals surface area (Å²) in [6.07, 6.45) is 4.44. The molecule has 0 aliphatic rings. The molecule has 0 aliphatic heterocycles. The summed E-state index contributed by atoms with van der Waals surface area (Å²) in [5, 5.41) is 0. The van der Waals surface area contributed by atoms with Gasteiger partial charge in [-0.25, -0.2) is 0 Å². The summed E-state index contributed by atoms with van der Waals surface area (Å²) in [5.74, 6) is 2.13. The summed E-state index contributed by atoms with van der Waals surface area (Å²) >= 11 is 0. The van der Waals surface area contributed by atoms with Crippen molar-refractivity contribution in [3.63, 3.8) is 0 Å². The molecule has 0 bridgehead atoms. The van der Waals surface area contributed by atoms with Crippen LogP contribution in [0.25, 0.3) is 0 Å². The van der Waals surface area contributed by atoms with Crippen LogP contribution in [0.4, 0.5) is 0 Å². The highest BCUT2D eigenvalue weighted by Crippen LogP contribution is 2.26. The highest BCUT2D eigenvalue weighted by Gasteiger charge is 2.16. The van der Waals surface area contributed by atoms with Crippen molar-refractivity contribution in [1.82, 2.24) is 0 Å². The van der Waals surface area contributed by atoms with Crippen molar-refractivity contribution < 1.29 is 0 Å². The van der Waals surface area contributed by atoms with E-state index in [1.807, 2.05) is 0 Å². The standard InChI is InChI=1S/C13H24/c1-7-13(9-8-10(2)3)12(6)11(4)5/h7,11-13H,1-2,8-9H2,3-6H3. The normalized spacial score (nSPS) is 15.5. The summed E-state index contributed by atoms with van der Waals surface area (Å²) < 4.78 is 0. The third kappa shape index (κ3) is 4.92. The largest absolute Gasteiger partial charge is 0.103 e. The van der Waals surface area contributed by atoms with Crippen LogP contribution in [0.1, 0.15) is 40.5 Å². The fourth-order valence-electron chi connectivity index (χ4n) is 1.50. The Morgan fingerprint density at radius 2 is 1.85 bits per heavy atom. The molecular weight excluding hydrogens is 156 g/mol. The van der Waals surface area contributed by atoms with Crippen molar-refractivity contribution in [2.45, 2.75) is 40.5 Å². The molecule has 0 amide bonds. The van der Waals surface area contributed by atoms with Gasteiger partial charge in [-0.1, -0.05) is 32.4 Å². The zero-order chi connectivity index (χ0) is 10.4. The molecule has 0 fully saturated rings. The number of hydrogen-bond donors (Lipinski definition) is 0. The minimum Gasteiger partial charge on any atom is -0.103 e. The second-order valence-corrected chi connectivity index (χ2v) is 4.50. The summed E-state index contributed by atoms with van der Waals surface area (Å²) in [7, 11) is 0. The van der Waals surface area contributed by atoms with Crippen LogP contribution in [0.5, 0.6) is 0 Å². The van der Waals surface area contributed by atoms with Crippen molar-refractivity contribution in [2.75, 3.05) is 0 Å². The molecule has 0 N–H and O–H groups in total. The van der Waals surface area contributed by atoms with Crippen molar-refractivity contribution >= 4 is 0 Å². The first kappa shape index (κ1) is 12.5. The fourth-order valence-corrected chi connectivity index (χ4v) is 1.50. The lowest BCUT2D eigenvalue weighted by atomic mass is 9.82. The molecule has 0 heterocycles. The second kappa shape index (κ2) is 6.01. The lowest BCUT2D eigenvalue weighted by molar-refractivity contribution is 0.310. The highest BCUT2D eigenvalue weighted by atomic mass is 14.2. The van der Waals surface area contributed by atoms with Crippen LogP contribution < -0.4 is 0 Å². The topological polar surface area (TPSA) is 0 Å². The van der Waals surface area contributed by atoms with Gasteiger partial charge in [0.05, 0.1) is 0 Å². The Balaban J connectivity index is 4.02. The molecule has 0 spiro atoms. The molecule has 0 heteroatoms. The maximum absolute atomic E-state index is 3.93. The van der Waals surface area contributed by atoms with Crippen LogP contribution in [0.15, 0.2) is 24.8 Å². The van der Waals surface area contributed by atoms with Gasteiger partial charge >= 0.3 is 0 Å². The third-order valence-electron chi connectivity index (χ3n) is 2.93. The predicted octanol–water partition coefficient (Wildman–Crippen LogP) is 4.44. The first-order valence-corrected chi connectivity index (χ1v) is 5.26. The lowest BCUT2D eigenvalue weighted by Gasteiger charge is -2.24. The van der Waals surface area contributed by atoms with E-state index in [1.54, 1.807) is 0 Å². The van der Waals surface area contributed by atoms with E-state index in [1.165, 1.54) is 12.0 Å². The maximum atomic E-state index is 3.93. The minimum absolute atomic E-state index is 0.650. The molecule has 0 nitrogen and oxygen atoms in total. The van der Waals surface area contributed by atoms with E-state index < -0.39 is 0 Å². The molecule has 13 heavy (non-hydrogen) atoms. The number of hydrogen-bond acceptors (Lipinski definition) is 0. The number of rotatable bonds is 6. The van der Waals surface area contributed by atoms with E-state index in [4.69, 9.17) is 0 Å². The maximum Gasteiger partial charge on any atom is -0.0205 e. The molecule has 0 saturated carbocycles. The van der Waals surface area contributed by atoms with Crippen LogP contribution in [0.2, 0.25) is 0 Å².